The fourth-order valence-corrected chi connectivity index (χ4v) is 6.16. The lowest BCUT2D eigenvalue weighted by atomic mass is 9.84. The molecule has 2 fully saturated rings. The molecule has 4 rings (SSSR count). The molecule has 2 aliphatic rings. The number of carbonyl (C=O) groups excluding carboxylic acids is 2. The number of aryl methyl sites for hydroxylation is 1. The lowest BCUT2D eigenvalue weighted by molar-refractivity contribution is -0.126. The van der Waals surface area contributed by atoms with E-state index in [0.717, 1.165) is 53.5 Å². The Bertz CT molecular complexity index is 947. The number of hydrogen-bond acceptors (Lipinski definition) is 5. The molecule has 6 nitrogen and oxygen atoms in total. The minimum absolute atomic E-state index is 0.0120. The number of nitrogens with zero attached hydrogens (tertiary/aromatic N) is 3. The molecule has 184 valence electrons. The molecule has 7 heteroatoms. The van der Waals surface area contributed by atoms with Gasteiger partial charge in [0.1, 0.15) is 9.88 Å². The van der Waals surface area contributed by atoms with Crippen molar-refractivity contribution in [1.29, 1.82) is 0 Å². The summed E-state index contributed by atoms with van der Waals surface area (Å²) in [5.41, 5.74) is 1.84. The molecular weight excluding hydrogens is 444 g/mol. The first-order valence-electron chi connectivity index (χ1n) is 12.8. The van der Waals surface area contributed by atoms with Gasteiger partial charge in [0, 0.05) is 31.1 Å². The molecule has 34 heavy (non-hydrogen) atoms. The van der Waals surface area contributed by atoms with Gasteiger partial charge >= 0.3 is 0 Å². The second-order valence-electron chi connectivity index (χ2n) is 9.76. The van der Waals surface area contributed by atoms with Crippen LogP contribution in [0.2, 0.25) is 0 Å². The monoisotopic (exact) mass is 482 g/mol. The van der Waals surface area contributed by atoms with Gasteiger partial charge in [0.15, 0.2) is 0 Å². The normalized spacial score (nSPS) is 18.6. The standard InChI is InChI=1S/C27H38N4O2S/c1-20(25(32)28-14-9-17-30-15-7-4-8-16-30)22-12-18-31(19-13-22)27(33)24-21(2)29-26(34-24)23-10-5-3-6-11-23/h3,5-6,10-11,20,22H,4,7-9,12-19H2,1-2H3,(H,28,32). The van der Waals surface area contributed by atoms with Crippen molar-refractivity contribution in [1.82, 2.24) is 20.1 Å². The average molecular weight is 483 g/mol. The molecule has 0 saturated carbocycles. The Morgan fingerprint density at radius 1 is 1.09 bits per heavy atom. The Hall–Kier alpha value is -2.25. The number of carbonyl (C=O) groups is 2. The number of hydrogen-bond donors (Lipinski definition) is 1. The van der Waals surface area contributed by atoms with Gasteiger partial charge in [-0.2, -0.15) is 0 Å². The Morgan fingerprint density at radius 3 is 2.50 bits per heavy atom. The van der Waals surface area contributed by atoms with Crippen LogP contribution in [0.3, 0.4) is 0 Å². The summed E-state index contributed by atoms with van der Waals surface area (Å²) in [7, 11) is 0. The molecule has 2 amide bonds. The summed E-state index contributed by atoms with van der Waals surface area (Å²) in [5.74, 6) is 0.551. The number of likely N-dealkylation sites (tertiary alicyclic amines) is 2. The van der Waals surface area contributed by atoms with Crippen LogP contribution < -0.4 is 5.32 Å². The van der Waals surface area contributed by atoms with E-state index in [1.54, 1.807) is 0 Å². The Labute approximate surface area is 207 Å². The minimum atomic E-state index is -0.0120. The Balaban J connectivity index is 1.22. The number of aromatic nitrogens is 1. The topological polar surface area (TPSA) is 65.5 Å². The number of thiazole rings is 1. The van der Waals surface area contributed by atoms with E-state index < -0.39 is 0 Å². The first-order chi connectivity index (χ1) is 16.5. The molecule has 0 spiro atoms. The second-order valence-corrected chi connectivity index (χ2v) is 10.8. The van der Waals surface area contributed by atoms with Crippen LogP contribution in [-0.4, -0.2) is 65.9 Å². The summed E-state index contributed by atoms with van der Waals surface area (Å²) in [6.07, 6.45) is 6.73. The molecule has 2 saturated heterocycles. The molecule has 0 radical (unpaired) electrons. The van der Waals surface area contributed by atoms with E-state index in [9.17, 15) is 9.59 Å². The SMILES string of the molecule is Cc1nc(-c2ccccc2)sc1C(=O)N1CCC(C(C)C(=O)NCCCN2CCCCC2)CC1. The molecule has 0 aliphatic carbocycles. The van der Waals surface area contributed by atoms with Crippen LogP contribution in [0, 0.1) is 18.8 Å². The summed E-state index contributed by atoms with van der Waals surface area (Å²) in [6.45, 7) is 9.61. The van der Waals surface area contributed by atoms with Crippen LogP contribution in [0.25, 0.3) is 10.6 Å². The van der Waals surface area contributed by atoms with E-state index in [-0.39, 0.29) is 17.7 Å². The highest BCUT2D eigenvalue weighted by atomic mass is 32.1. The fourth-order valence-electron chi connectivity index (χ4n) is 5.12. The molecule has 2 aromatic rings. The van der Waals surface area contributed by atoms with Crippen LogP contribution in [0.4, 0.5) is 0 Å². The van der Waals surface area contributed by atoms with E-state index in [2.05, 4.69) is 15.2 Å². The third-order valence-electron chi connectivity index (χ3n) is 7.36. The number of benzene rings is 1. The van der Waals surface area contributed by atoms with Crippen LogP contribution in [0.5, 0.6) is 0 Å². The van der Waals surface area contributed by atoms with Crippen molar-refractivity contribution in [3.63, 3.8) is 0 Å². The van der Waals surface area contributed by atoms with Crippen molar-refractivity contribution in [3.8, 4) is 10.6 Å². The van der Waals surface area contributed by atoms with Gasteiger partial charge in [0.25, 0.3) is 5.91 Å². The van der Waals surface area contributed by atoms with Gasteiger partial charge < -0.3 is 15.1 Å². The summed E-state index contributed by atoms with van der Waals surface area (Å²) in [6, 6.07) is 10.0. The zero-order valence-corrected chi connectivity index (χ0v) is 21.4. The Kier molecular flexibility index (Phi) is 8.73. The van der Waals surface area contributed by atoms with Crippen molar-refractivity contribution < 1.29 is 9.59 Å². The lowest BCUT2D eigenvalue weighted by Crippen LogP contribution is -2.43. The summed E-state index contributed by atoms with van der Waals surface area (Å²) in [4.78, 5) is 35.7. The van der Waals surface area contributed by atoms with E-state index in [1.807, 2.05) is 49.1 Å². The molecule has 3 heterocycles. The molecule has 1 unspecified atom stereocenters. The van der Waals surface area contributed by atoms with Crippen LogP contribution in [-0.2, 0) is 4.79 Å². The van der Waals surface area contributed by atoms with Gasteiger partial charge in [-0.15, -0.1) is 11.3 Å². The van der Waals surface area contributed by atoms with Gasteiger partial charge in [-0.25, -0.2) is 4.98 Å². The molecule has 0 bridgehead atoms. The van der Waals surface area contributed by atoms with Gasteiger partial charge in [0.2, 0.25) is 5.91 Å². The van der Waals surface area contributed by atoms with E-state index >= 15 is 0 Å². The summed E-state index contributed by atoms with van der Waals surface area (Å²) in [5, 5.41) is 4.04. The maximum atomic E-state index is 13.2. The average Bonchev–Trinajstić information content (AvgIpc) is 3.28. The van der Waals surface area contributed by atoms with Crippen molar-refractivity contribution in [2.45, 2.75) is 52.4 Å². The fraction of sp³-hybridized carbons (Fsp3) is 0.593. The van der Waals surface area contributed by atoms with Crippen molar-refractivity contribution >= 4 is 23.2 Å². The van der Waals surface area contributed by atoms with Crippen LogP contribution >= 0.6 is 11.3 Å². The first-order valence-corrected chi connectivity index (χ1v) is 13.7. The molecule has 2 aliphatic heterocycles. The zero-order chi connectivity index (χ0) is 23.9. The predicted molar refractivity (Wildman–Crippen MR) is 138 cm³/mol. The molecule has 1 atom stereocenters. The highest BCUT2D eigenvalue weighted by Crippen LogP contribution is 2.31. The predicted octanol–water partition coefficient (Wildman–Crippen LogP) is 4.60. The lowest BCUT2D eigenvalue weighted by Gasteiger charge is -2.34. The van der Waals surface area contributed by atoms with E-state index in [0.29, 0.717) is 19.0 Å². The minimum Gasteiger partial charge on any atom is -0.356 e. The number of rotatable bonds is 8. The largest absolute Gasteiger partial charge is 0.356 e. The highest BCUT2D eigenvalue weighted by Gasteiger charge is 2.31. The summed E-state index contributed by atoms with van der Waals surface area (Å²) >= 11 is 1.48. The van der Waals surface area contributed by atoms with Gasteiger partial charge in [0.05, 0.1) is 5.69 Å². The highest BCUT2D eigenvalue weighted by molar-refractivity contribution is 7.17. The van der Waals surface area contributed by atoms with E-state index in [4.69, 9.17) is 0 Å². The van der Waals surface area contributed by atoms with E-state index in [1.165, 1.54) is 43.7 Å². The quantitative estimate of drug-likeness (QED) is 0.559. The molecule has 1 N–H and O–H groups in total. The molecule has 1 aromatic heterocycles. The summed E-state index contributed by atoms with van der Waals surface area (Å²) < 4.78 is 0. The second kappa shape index (κ2) is 11.9. The van der Waals surface area contributed by atoms with Crippen LogP contribution in [0.15, 0.2) is 30.3 Å². The third-order valence-corrected chi connectivity index (χ3v) is 8.55. The zero-order valence-electron chi connectivity index (χ0n) is 20.6. The maximum Gasteiger partial charge on any atom is 0.265 e. The third kappa shape index (κ3) is 6.25. The van der Waals surface area contributed by atoms with Gasteiger partial charge in [-0.3, -0.25) is 9.59 Å². The van der Waals surface area contributed by atoms with Crippen molar-refractivity contribution in [2.24, 2.45) is 11.8 Å². The van der Waals surface area contributed by atoms with Gasteiger partial charge in [-0.05, 0) is 64.6 Å². The Morgan fingerprint density at radius 2 is 1.79 bits per heavy atom. The smallest absolute Gasteiger partial charge is 0.265 e. The molecular formula is C27H38N4O2S. The van der Waals surface area contributed by atoms with Gasteiger partial charge in [-0.1, -0.05) is 43.7 Å². The van der Waals surface area contributed by atoms with Crippen molar-refractivity contribution in [2.75, 3.05) is 39.3 Å². The first kappa shape index (κ1) is 24.9. The molecule has 1 aromatic carbocycles. The maximum absolute atomic E-state index is 13.2. The van der Waals surface area contributed by atoms with Crippen molar-refractivity contribution in [3.05, 3.63) is 40.9 Å². The number of piperidine rings is 2. The van der Waals surface area contributed by atoms with Crippen LogP contribution in [0.1, 0.15) is 60.8 Å². The number of nitrogens with one attached hydrogen (secondary N) is 1. The number of amides is 2.